The molecule has 10 heavy (non-hydrogen) atoms. The largest absolute Gasteiger partial charge is 0.328 e. The lowest BCUT2D eigenvalue weighted by atomic mass is 10.0. The first-order valence-electron chi connectivity index (χ1n) is 3.54. The number of hydrogen-bond acceptors (Lipinski definition) is 1. The van der Waals surface area contributed by atoms with E-state index in [1.807, 2.05) is 0 Å². The standard InChI is InChI=1S/C8H12FN/c1-2-4-8(9)5-3-7(10)6-8/h1,7H,3-6,10H2. The zero-order chi connectivity index (χ0) is 7.61. The molecule has 0 saturated heterocycles. The predicted molar refractivity (Wildman–Crippen MR) is 39.1 cm³/mol. The van der Waals surface area contributed by atoms with Crippen LogP contribution in [-0.4, -0.2) is 11.7 Å². The average molecular weight is 141 g/mol. The highest BCUT2D eigenvalue weighted by molar-refractivity contribution is 5.00. The molecule has 0 radical (unpaired) electrons. The van der Waals surface area contributed by atoms with Crippen molar-refractivity contribution in [2.24, 2.45) is 5.73 Å². The van der Waals surface area contributed by atoms with Crippen LogP contribution in [0.1, 0.15) is 25.7 Å². The number of halogens is 1. The van der Waals surface area contributed by atoms with Gasteiger partial charge in [0.15, 0.2) is 0 Å². The van der Waals surface area contributed by atoms with Crippen LogP contribution >= 0.6 is 0 Å². The van der Waals surface area contributed by atoms with Crippen molar-refractivity contribution >= 4 is 0 Å². The second-order valence-corrected chi connectivity index (χ2v) is 3.03. The summed E-state index contributed by atoms with van der Waals surface area (Å²) < 4.78 is 13.3. The van der Waals surface area contributed by atoms with E-state index in [4.69, 9.17) is 12.2 Å². The maximum absolute atomic E-state index is 13.3. The number of rotatable bonds is 1. The van der Waals surface area contributed by atoms with Gasteiger partial charge in [-0.2, -0.15) is 0 Å². The smallest absolute Gasteiger partial charge is 0.123 e. The molecule has 0 aromatic heterocycles. The Morgan fingerprint density at radius 1 is 1.80 bits per heavy atom. The van der Waals surface area contributed by atoms with E-state index >= 15 is 0 Å². The molecule has 2 atom stereocenters. The second-order valence-electron chi connectivity index (χ2n) is 3.03. The van der Waals surface area contributed by atoms with Crippen LogP contribution in [0.3, 0.4) is 0 Å². The van der Waals surface area contributed by atoms with Crippen molar-refractivity contribution in [1.82, 2.24) is 0 Å². The zero-order valence-corrected chi connectivity index (χ0v) is 5.94. The molecule has 1 fully saturated rings. The van der Waals surface area contributed by atoms with Gasteiger partial charge in [0.2, 0.25) is 0 Å². The van der Waals surface area contributed by atoms with Gasteiger partial charge >= 0.3 is 0 Å². The summed E-state index contributed by atoms with van der Waals surface area (Å²) in [6.07, 6.45) is 6.99. The zero-order valence-electron chi connectivity index (χ0n) is 5.94. The summed E-state index contributed by atoms with van der Waals surface area (Å²) in [4.78, 5) is 0. The lowest BCUT2D eigenvalue weighted by molar-refractivity contribution is 0.178. The van der Waals surface area contributed by atoms with Gasteiger partial charge in [0, 0.05) is 12.5 Å². The molecule has 0 amide bonds. The van der Waals surface area contributed by atoms with Crippen molar-refractivity contribution in [3.63, 3.8) is 0 Å². The molecule has 0 bridgehead atoms. The predicted octanol–water partition coefficient (Wildman–Crippen LogP) is 1.23. The molecule has 1 saturated carbocycles. The van der Waals surface area contributed by atoms with E-state index in [9.17, 15) is 4.39 Å². The number of nitrogens with two attached hydrogens (primary N) is 1. The molecule has 1 nitrogen and oxygen atoms in total. The lowest BCUT2D eigenvalue weighted by Crippen LogP contribution is -2.22. The van der Waals surface area contributed by atoms with Gasteiger partial charge in [-0.3, -0.25) is 0 Å². The number of alkyl halides is 1. The Bertz CT molecular complexity index is 161. The highest BCUT2D eigenvalue weighted by Gasteiger charge is 2.36. The Labute approximate surface area is 60.8 Å². The molecule has 2 unspecified atom stereocenters. The molecule has 56 valence electrons. The number of terminal acetylenes is 1. The van der Waals surface area contributed by atoms with Crippen molar-refractivity contribution < 1.29 is 4.39 Å². The minimum absolute atomic E-state index is 0.0262. The molecule has 1 aliphatic carbocycles. The van der Waals surface area contributed by atoms with E-state index in [2.05, 4.69) is 5.92 Å². The summed E-state index contributed by atoms with van der Waals surface area (Å²) in [5.41, 5.74) is 4.39. The maximum atomic E-state index is 13.3. The van der Waals surface area contributed by atoms with Crippen LogP contribution in [0, 0.1) is 12.3 Å². The third-order valence-electron chi connectivity index (χ3n) is 2.01. The van der Waals surface area contributed by atoms with Crippen LogP contribution in [0.5, 0.6) is 0 Å². The second kappa shape index (κ2) is 2.59. The fraction of sp³-hybridized carbons (Fsp3) is 0.750. The van der Waals surface area contributed by atoms with Crippen LogP contribution in [0.4, 0.5) is 4.39 Å². The molecule has 0 heterocycles. The van der Waals surface area contributed by atoms with E-state index < -0.39 is 5.67 Å². The monoisotopic (exact) mass is 141 g/mol. The van der Waals surface area contributed by atoms with Crippen LogP contribution in [0.25, 0.3) is 0 Å². The third kappa shape index (κ3) is 1.48. The molecule has 2 N–H and O–H groups in total. The van der Waals surface area contributed by atoms with Crippen LogP contribution < -0.4 is 5.73 Å². The molecule has 0 spiro atoms. The Morgan fingerprint density at radius 2 is 2.50 bits per heavy atom. The summed E-state index contributed by atoms with van der Waals surface area (Å²) in [5.74, 6) is 2.34. The van der Waals surface area contributed by atoms with Crippen molar-refractivity contribution in [2.75, 3.05) is 0 Å². The van der Waals surface area contributed by atoms with Crippen molar-refractivity contribution in [3.8, 4) is 12.3 Å². The van der Waals surface area contributed by atoms with Crippen LogP contribution in [0.15, 0.2) is 0 Å². The molecule has 0 aliphatic heterocycles. The molecule has 1 aliphatic rings. The van der Waals surface area contributed by atoms with Gasteiger partial charge in [-0.05, 0) is 19.3 Å². The quantitative estimate of drug-likeness (QED) is 0.546. The molecule has 0 aromatic carbocycles. The molecular formula is C8H12FN. The molecular weight excluding hydrogens is 129 g/mol. The highest BCUT2D eigenvalue weighted by Crippen LogP contribution is 2.35. The molecule has 1 rings (SSSR count). The minimum Gasteiger partial charge on any atom is -0.328 e. The van der Waals surface area contributed by atoms with Gasteiger partial charge in [0.1, 0.15) is 5.67 Å². The van der Waals surface area contributed by atoms with Gasteiger partial charge in [-0.1, -0.05) is 0 Å². The first-order chi connectivity index (χ1) is 4.66. The van der Waals surface area contributed by atoms with Crippen molar-refractivity contribution in [3.05, 3.63) is 0 Å². The summed E-state index contributed by atoms with van der Waals surface area (Å²) >= 11 is 0. The van der Waals surface area contributed by atoms with E-state index in [0.29, 0.717) is 12.8 Å². The molecule has 2 heteroatoms. The van der Waals surface area contributed by atoms with E-state index in [1.165, 1.54) is 0 Å². The Balaban J connectivity index is 2.48. The van der Waals surface area contributed by atoms with Gasteiger partial charge in [-0.15, -0.1) is 12.3 Å². The van der Waals surface area contributed by atoms with Crippen LogP contribution in [0.2, 0.25) is 0 Å². The Hall–Kier alpha value is -0.550. The Kier molecular flexibility index (Phi) is 1.96. The topological polar surface area (TPSA) is 26.0 Å². The average Bonchev–Trinajstić information content (AvgIpc) is 2.12. The number of hydrogen-bond donors (Lipinski definition) is 1. The normalized spacial score (nSPS) is 39.5. The van der Waals surface area contributed by atoms with Crippen LogP contribution in [-0.2, 0) is 0 Å². The first-order valence-corrected chi connectivity index (χ1v) is 3.54. The van der Waals surface area contributed by atoms with Gasteiger partial charge in [0.05, 0.1) is 0 Å². The summed E-state index contributed by atoms with van der Waals surface area (Å²) in [5, 5.41) is 0. The van der Waals surface area contributed by atoms with Gasteiger partial charge in [0.25, 0.3) is 0 Å². The maximum Gasteiger partial charge on any atom is 0.123 e. The third-order valence-corrected chi connectivity index (χ3v) is 2.01. The summed E-state index contributed by atoms with van der Waals surface area (Å²) in [6.45, 7) is 0. The Morgan fingerprint density at radius 3 is 2.90 bits per heavy atom. The molecule has 0 aromatic rings. The van der Waals surface area contributed by atoms with E-state index in [-0.39, 0.29) is 12.5 Å². The first kappa shape index (κ1) is 7.56. The SMILES string of the molecule is C#CCC1(F)CCC(N)C1. The van der Waals surface area contributed by atoms with Crippen molar-refractivity contribution in [1.29, 1.82) is 0 Å². The van der Waals surface area contributed by atoms with E-state index in [0.717, 1.165) is 6.42 Å². The highest BCUT2D eigenvalue weighted by atomic mass is 19.1. The summed E-state index contributed by atoms with van der Waals surface area (Å²) in [7, 11) is 0. The van der Waals surface area contributed by atoms with Gasteiger partial charge in [-0.25, -0.2) is 4.39 Å². The van der Waals surface area contributed by atoms with E-state index in [1.54, 1.807) is 0 Å². The fourth-order valence-corrected chi connectivity index (χ4v) is 1.46. The fourth-order valence-electron chi connectivity index (χ4n) is 1.46. The van der Waals surface area contributed by atoms with Crippen molar-refractivity contribution in [2.45, 2.75) is 37.4 Å². The minimum atomic E-state index is -1.14. The van der Waals surface area contributed by atoms with Gasteiger partial charge < -0.3 is 5.73 Å². The lowest BCUT2D eigenvalue weighted by Gasteiger charge is -2.14. The summed E-state index contributed by atoms with van der Waals surface area (Å²) in [6, 6.07) is 0.0262.